The molecule has 0 saturated heterocycles. The zero-order valence-corrected chi connectivity index (χ0v) is 8.41. The van der Waals surface area contributed by atoms with Crippen LogP contribution < -0.4 is 5.56 Å². The summed E-state index contributed by atoms with van der Waals surface area (Å²) in [5.41, 5.74) is 1.80. The summed E-state index contributed by atoms with van der Waals surface area (Å²) in [6.07, 6.45) is 1.52. The van der Waals surface area contributed by atoms with Crippen LogP contribution in [0.15, 0.2) is 29.1 Å². The molecule has 0 aliphatic rings. The van der Waals surface area contributed by atoms with Crippen molar-refractivity contribution >= 4 is 17.2 Å². The van der Waals surface area contributed by atoms with Gasteiger partial charge in [-0.05, 0) is 35.6 Å². The number of carbonyl (C=O) groups is 1. The molecule has 2 aromatic rings. The number of aldehydes is 1. The highest BCUT2D eigenvalue weighted by Crippen LogP contribution is 2.13. The SMILES string of the molecule is CCc1ccc2[nH]c(=O)c(C=O)cc2c1. The molecule has 0 fully saturated rings. The summed E-state index contributed by atoms with van der Waals surface area (Å²) >= 11 is 0. The van der Waals surface area contributed by atoms with Crippen LogP contribution in [0.5, 0.6) is 0 Å². The van der Waals surface area contributed by atoms with Crippen molar-refractivity contribution in [1.82, 2.24) is 4.98 Å². The summed E-state index contributed by atoms with van der Waals surface area (Å²) in [5, 5.41) is 0.899. The van der Waals surface area contributed by atoms with E-state index in [9.17, 15) is 9.59 Å². The van der Waals surface area contributed by atoms with Gasteiger partial charge < -0.3 is 4.98 Å². The number of aromatic nitrogens is 1. The summed E-state index contributed by atoms with van der Waals surface area (Å²) < 4.78 is 0. The largest absolute Gasteiger partial charge is 0.321 e. The molecule has 0 spiro atoms. The molecule has 0 aliphatic heterocycles. The third kappa shape index (κ3) is 1.68. The topological polar surface area (TPSA) is 49.9 Å². The van der Waals surface area contributed by atoms with Crippen molar-refractivity contribution in [3.8, 4) is 0 Å². The summed E-state index contributed by atoms with van der Waals surface area (Å²) in [5.74, 6) is 0. The van der Waals surface area contributed by atoms with Crippen LogP contribution in [0.4, 0.5) is 0 Å². The minimum Gasteiger partial charge on any atom is -0.321 e. The summed E-state index contributed by atoms with van der Waals surface area (Å²) in [4.78, 5) is 24.6. The molecule has 0 aliphatic carbocycles. The Morgan fingerprint density at radius 1 is 1.33 bits per heavy atom. The summed E-state index contributed by atoms with van der Waals surface area (Å²) in [6.45, 7) is 2.06. The monoisotopic (exact) mass is 201 g/mol. The van der Waals surface area contributed by atoms with Gasteiger partial charge in [0.1, 0.15) is 0 Å². The lowest BCUT2D eigenvalue weighted by Crippen LogP contribution is -2.11. The molecule has 1 N–H and O–H groups in total. The van der Waals surface area contributed by atoms with Crippen LogP contribution in [0.25, 0.3) is 10.9 Å². The van der Waals surface area contributed by atoms with Crippen molar-refractivity contribution in [1.29, 1.82) is 0 Å². The number of fused-ring (bicyclic) bond motifs is 1. The van der Waals surface area contributed by atoms with Crippen LogP contribution in [0.3, 0.4) is 0 Å². The Balaban J connectivity index is 2.76. The van der Waals surface area contributed by atoms with Crippen LogP contribution in [-0.4, -0.2) is 11.3 Å². The highest BCUT2D eigenvalue weighted by molar-refractivity contribution is 5.86. The van der Waals surface area contributed by atoms with E-state index in [1.807, 2.05) is 18.2 Å². The van der Waals surface area contributed by atoms with E-state index in [0.29, 0.717) is 6.29 Å². The molecule has 76 valence electrons. The number of nitrogens with one attached hydrogen (secondary N) is 1. The van der Waals surface area contributed by atoms with Crippen LogP contribution in [0, 0.1) is 0 Å². The first kappa shape index (κ1) is 9.65. The van der Waals surface area contributed by atoms with Crippen molar-refractivity contribution < 1.29 is 4.79 Å². The van der Waals surface area contributed by atoms with Crippen molar-refractivity contribution in [2.45, 2.75) is 13.3 Å². The molecule has 1 aromatic carbocycles. The second kappa shape index (κ2) is 3.69. The third-order valence-corrected chi connectivity index (χ3v) is 2.47. The molecule has 0 radical (unpaired) electrons. The lowest BCUT2D eigenvalue weighted by Gasteiger charge is -2.01. The first-order chi connectivity index (χ1) is 7.24. The number of rotatable bonds is 2. The predicted molar refractivity (Wildman–Crippen MR) is 59.3 cm³/mol. The molecule has 3 heteroatoms. The second-order valence-corrected chi connectivity index (χ2v) is 3.45. The van der Waals surface area contributed by atoms with E-state index in [1.165, 1.54) is 5.56 Å². The van der Waals surface area contributed by atoms with E-state index in [-0.39, 0.29) is 11.1 Å². The fraction of sp³-hybridized carbons (Fsp3) is 0.167. The molecular weight excluding hydrogens is 190 g/mol. The molecule has 0 amide bonds. The van der Waals surface area contributed by atoms with E-state index in [0.717, 1.165) is 17.3 Å². The summed E-state index contributed by atoms with van der Waals surface area (Å²) in [7, 11) is 0. The van der Waals surface area contributed by atoms with Crippen LogP contribution in [0.2, 0.25) is 0 Å². The Hall–Kier alpha value is -1.90. The smallest absolute Gasteiger partial charge is 0.259 e. The summed E-state index contributed by atoms with van der Waals surface area (Å²) in [6, 6.07) is 7.45. The number of pyridine rings is 1. The maximum atomic E-state index is 11.3. The molecule has 0 saturated carbocycles. The van der Waals surface area contributed by atoms with Crippen molar-refractivity contribution in [2.24, 2.45) is 0 Å². The number of hydrogen-bond acceptors (Lipinski definition) is 2. The van der Waals surface area contributed by atoms with E-state index >= 15 is 0 Å². The Labute approximate surface area is 86.8 Å². The molecule has 1 aromatic heterocycles. The molecule has 0 atom stereocenters. The van der Waals surface area contributed by atoms with Crippen LogP contribution in [-0.2, 0) is 6.42 Å². The van der Waals surface area contributed by atoms with E-state index in [2.05, 4.69) is 11.9 Å². The Morgan fingerprint density at radius 3 is 2.80 bits per heavy atom. The van der Waals surface area contributed by atoms with Gasteiger partial charge in [-0.3, -0.25) is 9.59 Å². The Kier molecular flexibility index (Phi) is 2.37. The molecule has 3 nitrogen and oxygen atoms in total. The van der Waals surface area contributed by atoms with Crippen LogP contribution >= 0.6 is 0 Å². The standard InChI is InChI=1S/C12H11NO2/c1-2-8-3-4-11-9(5-8)6-10(7-14)12(15)13-11/h3-7H,2H2,1H3,(H,13,15). The first-order valence-corrected chi connectivity index (χ1v) is 4.85. The zero-order chi connectivity index (χ0) is 10.8. The van der Waals surface area contributed by atoms with Gasteiger partial charge in [0.05, 0.1) is 5.56 Å². The average molecular weight is 201 g/mol. The van der Waals surface area contributed by atoms with Crippen LogP contribution in [0.1, 0.15) is 22.8 Å². The van der Waals surface area contributed by atoms with Gasteiger partial charge in [0, 0.05) is 5.52 Å². The number of H-pyrrole nitrogens is 1. The van der Waals surface area contributed by atoms with Gasteiger partial charge in [-0.15, -0.1) is 0 Å². The zero-order valence-electron chi connectivity index (χ0n) is 8.41. The van der Waals surface area contributed by atoms with Gasteiger partial charge in [0.25, 0.3) is 5.56 Å². The van der Waals surface area contributed by atoms with Crippen molar-refractivity contribution in [3.63, 3.8) is 0 Å². The average Bonchev–Trinajstić information content (AvgIpc) is 2.27. The fourth-order valence-electron chi connectivity index (χ4n) is 1.58. The number of hydrogen-bond donors (Lipinski definition) is 1. The highest BCUT2D eigenvalue weighted by Gasteiger charge is 2.01. The van der Waals surface area contributed by atoms with Gasteiger partial charge in [-0.1, -0.05) is 13.0 Å². The minimum absolute atomic E-state index is 0.177. The highest BCUT2D eigenvalue weighted by atomic mass is 16.1. The van der Waals surface area contributed by atoms with Gasteiger partial charge in [-0.2, -0.15) is 0 Å². The van der Waals surface area contributed by atoms with E-state index in [4.69, 9.17) is 0 Å². The van der Waals surface area contributed by atoms with Gasteiger partial charge in [0.15, 0.2) is 6.29 Å². The normalized spacial score (nSPS) is 10.5. The molecule has 0 bridgehead atoms. The van der Waals surface area contributed by atoms with Gasteiger partial charge in [0.2, 0.25) is 0 Å². The molecule has 0 unspecified atom stereocenters. The Bertz CT molecular complexity index is 569. The maximum absolute atomic E-state index is 11.3. The number of benzene rings is 1. The molecule has 1 heterocycles. The van der Waals surface area contributed by atoms with Crippen molar-refractivity contribution in [2.75, 3.05) is 0 Å². The molecule has 2 rings (SSSR count). The molecular formula is C12H11NO2. The van der Waals surface area contributed by atoms with Gasteiger partial charge >= 0.3 is 0 Å². The second-order valence-electron chi connectivity index (χ2n) is 3.45. The molecule has 15 heavy (non-hydrogen) atoms. The maximum Gasteiger partial charge on any atom is 0.259 e. The minimum atomic E-state index is -0.332. The third-order valence-electron chi connectivity index (χ3n) is 2.47. The predicted octanol–water partition coefficient (Wildman–Crippen LogP) is 1.90. The Morgan fingerprint density at radius 2 is 2.13 bits per heavy atom. The number of carbonyl (C=O) groups excluding carboxylic acids is 1. The quantitative estimate of drug-likeness (QED) is 0.754. The lowest BCUT2D eigenvalue weighted by molar-refractivity contribution is 0.112. The lowest BCUT2D eigenvalue weighted by atomic mass is 10.1. The van der Waals surface area contributed by atoms with Gasteiger partial charge in [-0.25, -0.2) is 0 Å². The van der Waals surface area contributed by atoms with E-state index < -0.39 is 0 Å². The van der Waals surface area contributed by atoms with E-state index in [1.54, 1.807) is 6.07 Å². The number of aromatic amines is 1. The number of aryl methyl sites for hydroxylation is 1. The van der Waals surface area contributed by atoms with Crippen molar-refractivity contribution in [3.05, 3.63) is 45.7 Å². The first-order valence-electron chi connectivity index (χ1n) is 4.85. The fourth-order valence-corrected chi connectivity index (χ4v) is 1.58.